The van der Waals surface area contributed by atoms with E-state index in [4.69, 9.17) is 4.42 Å². The van der Waals surface area contributed by atoms with Gasteiger partial charge in [-0.15, -0.1) is 0 Å². The number of oxazole rings is 1. The minimum atomic E-state index is 0.784. The molecule has 20 heavy (non-hydrogen) atoms. The summed E-state index contributed by atoms with van der Waals surface area (Å²) in [5.74, 6) is 1.75. The van der Waals surface area contributed by atoms with E-state index in [1.165, 1.54) is 24.0 Å². The minimum Gasteiger partial charge on any atom is -0.441 e. The second kappa shape index (κ2) is 6.23. The Balaban J connectivity index is 1.60. The maximum absolute atomic E-state index is 5.90. The van der Waals surface area contributed by atoms with Crippen molar-refractivity contribution in [3.05, 3.63) is 41.9 Å². The smallest absolute Gasteiger partial charge is 0.194 e. The van der Waals surface area contributed by atoms with Crippen molar-refractivity contribution in [2.24, 2.45) is 0 Å². The standard InChI is InChI=1S/C17H22N2O/c1-2-13-6-3-4-7-15(13)16-12-19-17(20-16)8-5-11-18-14-9-10-14/h3-4,6-7,12,14,18H,2,5,8-11H2,1H3. The average molecular weight is 270 g/mol. The van der Waals surface area contributed by atoms with Gasteiger partial charge in [-0.2, -0.15) is 0 Å². The van der Waals surface area contributed by atoms with E-state index in [1.54, 1.807) is 0 Å². The second-order valence-corrected chi connectivity index (χ2v) is 5.46. The van der Waals surface area contributed by atoms with Crippen molar-refractivity contribution in [1.29, 1.82) is 0 Å². The van der Waals surface area contributed by atoms with Crippen LogP contribution in [-0.4, -0.2) is 17.6 Å². The Labute approximate surface area is 120 Å². The fraction of sp³-hybridized carbons (Fsp3) is 0.471. The van der Waals surface area contributed by atoms with Crippen LogP contribution in [0, 0.1) is 0 Å². The van der Waals surface area contributed by atoms with Gasteiger partial charge in [-0.05, 0) is 37.8 Å². The molecule has 1 aliphatic rings. The molecule has 2 aromatic rings. The maximum atomic E-state index is 5.90. The van der Waals surface area contributed by atoms with Crippen LogP contribution in [-0.2, 0) is 12.8 Å². The summed E-state index contributed by atoms with van der Waals surface area (Å²) < 4.78 is 5.90. The lowest BCUT2D eigenvalue weighted by atomic mass is 10.0. The number of rotatable bonds is 7. The van der Waals surface area contributed by atoms with Crippen molar-refractivity contribution in [3.63, 3.8) is 0 Å². The Hall–Kier alpha value is -1.61. The van der Waals surface area contributed by atoms with E-state index in [0.29, 0.717) is 0 Å². The molecule has 0 radical (unpaired) electrons. The summed E-state index contributed by atoms with van der Waals surface area (Å²) >= 11 is 0. The SMILES string of the molecule is CCc1ccccc1-c1cnc(CCCNC2CC2)o1. The highest BCUT2D eigenvalue weighted by atomic mass is 16.4. The maximum Gasteiger partial charge on any atom is 0.194 e. The highest BCUT2D eigenvalue weighted by molar-refractivity contribution is 5.61. The van der Waals surface area contributed by atoms with Crippen LogP contribution in [0.3, 0.4) is 0 Å². The normalized spacial score (nSPS) is 14.7. The largest absolute Gasteiger partial charge is 0.441 e. The van der Waals surface area contributed by atoms with Crippen LogP contribution in [0.15, 0.2) is 34.9 Å². The quantitative estimate of drug-likeness (QED) is 0.781. The number of nitrogens with zero attached hydrogens (tertiary/aromatic N) is 1. The first-order chi connectivity index (χ1) is 9.86. The van der Waals surface area contributed by atoms with Crippen molar-refractivity contribution >= 4 is 0 Å². The third-order valence-electron chi connectivity index (χ3n) is 3.80. The molecule has 0 saturated heterocycles. The second-order valence-electron chi connectivity index (χ2n) is 5.46. The van der Waals surface area contributed by atoms with E-state index in [-0.39, 0.29) is 0 Å². The molecule has 0 atom stereocenters. The zero-order chi connectivity index (χ0) is 13.8. The van der Waals surface area contributed by atoms with Crippen molar-refractivity contribution in [3.8, 4) is 11.3 Å². The summed E-state index contributed by atoms with van der Waals surface area (Å²) in [6.07, 6.45) is 7.56. The van der Waals surface area contributed by atoms with Gasteiger partial charge in [-0.25, -0.2) is 4.98 Å². The number of aryl methyl sites for hydroxylation is 2. The summed E-state index contributed by atoms with van der Waals surface area (Å²) in [6, 6.07) is 9.17. The summed E-state index contributed by atoms with van der Waals surface area (Å²) in [6.45, 7) is 3.23. The summed E-state index contributed by atoms with van der Waals surface area (Å²) in [7, 11) is 0. The average Bonchev–Trinajstić information content (AvgIpc) is 3.20. The van der Waals surface area contributed by atoms with E-state index in [9.17, 15) is 0 Å². The highest BCUT2D eigenvalue weighted by Gasteiger charge is 2.19. The van der Waals surface area contributed by atoms with Gasteiger partial charge in [0.2, 0.25) is 0 Å². The molecule has 3 heteroatoms. The Kier molecular flexibility index (Phi) is 4.16. The van der Waals surface area contributed by atoms with Crippen LogP contribution >= 0.6 is 0 Å². The van der Waals surface area contributed by atoms with Crippen LogP contribution in [0.2, 0.25) is 0 Å². The monoisotopic (exact) mass is 270 g/mol. The Bertz CT molecular complexity index is 558. The van der Waals surface area contributed by atoms with Gasteiger partial charge in [-0.1, -0.05) is 31.2 Å². The lowest BCUT2D eigenvalue weighted by Gasteiger charge is -2.03. The van der Waals surface area contributed by atoms with Crippen LogP contribution in [0.5, 0.6) is 0 Å². The fourth-order valence-corrected chi connectivity index (χ4v) is 2.45. The molecule has 0 bridgehead atoms. The lowest BCUT2D eigenvalue weighted by molar-refractivity contribution is 0.491. The fourth-order valence-electron chi connectivity index (χ4n) is 2.45. The molecule has 0 spiro atoms. The first kappa shape index (κ1) is 13.4. The van der Waals surface area contributed by atoms with Gasteiger partial charge in [0.15, 0.2) is 11.7 Å². The first-order valence-electron chi connectivity index (χ1n) is 7.63. The first-order valence-corrected chi connectivity index (χ1v) is 7.63. The molecule has 0 unspecified atom stereocenters. The van der Waals surface area contributed by atoms with E-state index >= 15 is 0 Å². The Morgan fingerprint density at radius 2 is 2.15 bits per heavy atom. The van der Waals surface area contributed by atoms with Crippen molar-refractivity contribution < 1.29 is 4.42 Å². The minimum absolute atomic E-state index is 0.784. The highest BCUT2D eigenvalue weighted by Crippen LogP contribution is 2.25. The molecule has 3 rings (SSSR count). The van der Waals surface area contributed by atoms with Gasteiger partial charge >= 0.3 is 0 Å². The zero-order valence-electron chi connectivity index (χ0n) is 12.1. The van der Waals surface area contributed by atoms with Crippen LogP contribution in [0.1, 0.15) is 37.6 Å². The van der Waals surface area contributed by atoms with Crippen LogP contribution in [0.25, 0.3) is 11.3 Å². The molecule has 0 aliphatic heterocycles. The van der Waals surface area contributed by atoms with Gasteiger partial charge in [0.05, 0.1) is 6.20 Å². The third kappa shape index (κ3) is 3.28. The predicted molar refractivity (Wildman–Crippen MR) is 80.7 cm³/mol. The van der Waals surface area contributed by atoms with Crippen LogP contribution < -0.4 is 5.32 Å². The lowest BCUT2D eigenvalue weighted by Crippen LogP contribution is -2.17. The van der Waals surface area contributed by atoms with Crippen molar-refractivity contribution in [2.75, 3.05) is 6.54 Å². The van der Waals surface area contributed by atoms with Gasteiger partial charge in [-0.3, -0.25) is 0 Å². The number of benzene rings is 1. The summed E-state index contributed by atoms with van der Waals surface area (Å²) in [4.78, 5) is 4.41. The van der Waals surface area contributed by atoms with Gasteiger partial charge in [0, 0.05) is 18.0 Å². The molecule has 1 heterocycles. The Morgan fingerprint density at radius 1 is 1.30 bits per heavy atom. The van der Waals surface area contributed by atoms with E-state index in [1.807, 2.05) is 6.20 Å². The van der Waals surface area contributed by atoms with E-state index < -0.39 is 0 Å². The predicted octanol–water partition coefficient (Wildman–Crippen LogP) is 3.59. The molecule has 1 aromatic carbocycles. The molecule has 1 fully saturated rings. The third-order valence-corrected chi connectivity index (χ3v) is 3.80. The molecular formula is C17H22N2O. The van der Waals surface area contributed by atoms with Gasteiger partial charge in [0.25, 0.3) is 0 Å². The molecule has 1 aromatic heterocycles. The number of hydrogen-bond donors (Lipinski definition) is 1. The number of nitrogens with one attached hydrogen (secondary N) is 1. The molecule has 1 aliphatic carbocycles. The summed E-state index contributed by atoms with van der Waals surface area (Å²) in [5.41, 5.74) is 2.48. The molecule has 0 amide bonds. The molecule has 1 saturated carbocycles. The molecule has 3 nitrogen and oxygen atoms in total. The van der Waals surface area contributed by atoms with Crippen LogP contribution in [0.4, 0.5) is 0 Å². The van der Waals surface area contributed by atoms with Gasteiger partial charge in [0.1, 0.15) is 0 Å². The zero-order valence-corrected chi connectivity index (χ0v) is 12.1. The van der Waals surface area contributed by atoms with E-state index in [2.05, 4.69) is 41.5 Å². The number of aromatic nitrogens is 1. The molecular weight excluding hydrogens is 248 g/mol. The molecule has 1 N–H and O–H groups in total. The number of hydrogen-bond acceptors (Lipinski definition) is 3. The Morgan fingerprint density at radius 3 is 2.95 bits per heavy atom. The molecule has 106 valence electrons. The van der Waals surface area contributed by atoms with Crippen molar-refractivity contribution in [2.45, 2.75) is 45.1 Å². The van der Waals surface area contributed by atoms with Gasteiger partial charge < -0.3 is 9.73 Å². The van der Waals surface area contributed by atoms with Crippen molar-refractivity contribution in [1.82, 2.24) is 10.3 Å². The summed E-state index contributed by atoms with van der Waals surface area (Å²) in [5, 5.41) is 3.51. The van der Waals surface area contributed by atoms with E-state index in [0.717, 1.165) is 43.5 Å². The topological polar surface area (TPSA) is 38.1 Å².